The largest absolute Gasteiger partial charge is 0.505 e. The lowest BCUT2D eigenvalue weighted by molar-refractivity contribution is 0.427. The molecule has 0 bridgehead atoms. The van der Waals surface area contributed by atoms with Gasteiger partial charge in [-0.2, -0.15) is 0 Å². The third-order valence-corrected chi connectivity index (χ3v) is 1.69. The zero-order chi connectivity index (χ0) is 9.14. The molecule has 0 amide bonds. The van der Waals surface area contributed by atoms with Gasteiger partial charge in [-0.15, -0.1) is 6.58 Å². The molecule has 3 heteroatoms. The van der Waals surface area contributed by atoms with Gasteiger partial charge in [0, 0.05) is 10.6 Å². The monoisotopic (exact) mass is 186 g/mol. The van der Waals surface area contributed by atoms with Crippen LogP contribution in [0.1, 0.15) is 5.56 Å². The predicted molar refractivity (Wildman–Crippen MR) is 47.0 cm³/mol. The van der Waals surface area contributed by atoms with Crippen molar-refractivity contribution >= 4 is 11.6 Å². The predicted octanol–water partition coefficient (Wildman–Crippen LogP) is 2.91. The maximum absolute atomic E-state index is 12.8. The van der Waals surface area contributed by atoms with E-state index in [-0.39, 0.29) is 10.8 Å². The summed E-state index contributed by atoms with van der Waals surface area (Å²) in [4.78, 5) is 0. The van der Waals surface area contributed by atoms with Crippen molar-refractivity contribution in [1.82, 2.24) is 0 Å². The summed E-state index contributed by atoms with van der Waals surface area (Å²) in [5.41, 5.74) is 0.454. The molecule has 0 heterocycles. The molecule has 0 spiro atoms. The van der Waals surface area contributed by atoms with Crippen LogP contribution in [0.4, 0.5) is 4.39 Å². The molecule has 0 aliphatic carbocycles. The van der Waals surface area contributed by atoms with E-state index in [0.29, 0.717) is 12.0 Å². The van der Waals surface area contributed by atoms with Crippen LogP contribution in [-0.4, -0.2) is 5.11 Å². The van der Waals surface area contributed by atoms with Crippen molar-refractivity contribution in [1.29, 1.82) is 0 Å². The molecule has 0 radical (unpaired) electrons. The van der Waals surface area contributed by atoms with Crippen LogP contribution in [0.2, 0.25) is 5.02 Å². The van der Waals surface area contributed by atoms with Crippen LogP contribution >= 0.6 is 11.6 Å². The standard InChI is InChI=1S/C9H8ClFO/c1-2-3-6-4-7(10)5-8(11)9(6)12/h2,4-5,12H,1,3H2. The first-order valence-electron chi connectivity index (χ1n) is 3.43. The maximum atomic E-state index is 12.8. The van der Waals surface area contributed by atoms with Gasteiger partial charge in [0.05, 0.1) is 0 Å². The van der Waals surface area contributed by atoms with Crippen LogP contribution in [0, 0.1) is 5.82 Å². The SMILES string of the molecule is C=CCc1cc(Cl)cc(F)c1O. The molecule has 12 heavy (non-hydrogen) atoms. The minimum absolute atomic E-state index is 0.280. The van der Waals surface area contributed by atoms with E-state index in [1.807, 2.05) is 0 Å². The number of rotatable bonds is 2. The quantitative estimate of drug-likeness (QED) is 0.705. The van der Waals surface area contributed by atoms with E-state index < -0.39 is 5.82 Å². The lowest BCUT2D eigenvalue weighted by Gasteiger charge is -2.02. The number of phenols is 1. The number of hydrogen-bond donors (Lipinski definition) is 1. The molecule has 0 aliphatic rings. The highest BCUT2D eigenvalue weighted by Gasteiger charge is 2.06. The first-order valence-corrected chi connectivity index (χ1v) is 3.80. The van der Waals surface area contributed by atoms with Gasteiger partial charge in [-0.3, -0.25) is 0 Å². The number of aromatic hydroxyl groups is 1. The van der Waals surface area contributed by atoms with E-state index in [1.165, 1.54) is 6.07 Å². The smallest absolute Gasteiger partial charge is 0.166 e. The Hall–Kier alpha value is -1.02. The minimum Gasteiger partial charge on any atom is -0.505 e. The van der Waals surface area contributed by atoms with Crippen molar-refractivity contribution in [3.8, 4) is 5.75 Å². The van der Waals surface area contributed by atoms with Crippen LogP contribution in [0.15, 0.2) is 24.8 Å². The first kappa shape index (κ1) is 9.07. The van der Waals surface area contributed by atoms with Gasteiger partial charge in [-0.1, -0.05) is 17.7 Å². The molecule has 1 nitrogen and oxygen atoms in total. The summed E-state index contributed by atoms with van der Waals surface area (Å²) in [6.07, 6.45) is 1.98. The Balaban J connectivity index is 3.17. The van der Waals surface area contributed by atoms with E-state index in [1.54, 1.807) is 6.08 Å². The summed E-state index contributed by atoms with van der Waals surface area (Å²) < 4.78 is 12.8. The Morgan fingerprint density at radius 1 is 1.58 bits per heavy atom. The number of benzene rings is 1. The minimum atomic E-state index is -0.695. The third kappa shape index (κ3) is 1.77. The molecule has 1 rings (SSSR count). The van der Waals surface area contributed by atoms with Gasteiger partial charge in [-0.25, -0.2) is 4.39 Å². The highest BCUT2D eigenvalue weighted by atomic mass is 35.5. The summed E-state index contributed by atoms with van der Waals surface area (Å²) in [7, 11) is 0. The summed E-state index contributed by atoms with van der Waals surface area (Å²) in [6.45, 7) is 3.48. The summed E-state index contributed by atoms with van der Waals surface area (Å²) in [5.74, 6) is -1.04. The van der Waals surface area contributed by atoms with Gasteiger partial charge in [0.15, 0.2) is 11.6 Å². The molecule has 1 aromatic rings. The lowest BCUT2D eigenvalue weighted by atomic mass is 10.1. The molecular formula is C9H8ClFO. The molecule has 0 saturated carbocycles. The van der Waals surface area contributed by atoms with Crippen molar-refractivity contribution in [3.63, 3.8) is 0 Å². The van der Waals surface area contributed by atoms with Gasteiger partial charge >= 0.3 is 0 Å². The second kappa shape index (κ2) is 3.59. The van der Waals surface area contributed by atoms with Crippen LogP contribution in [0.3, 0.4) is 0 Å². The summed E-state index contributed by atoms with van der Waals surface area (Å²) in [6, 6.07) is 2.59. The zero-order valence-electron chi connectivity index (χ0n) is 6.35. The summed E-state index contributed by atoms with van der Waals surface area (Å²) >= 11 is 5.57. The van der Waals surface area contributed by atoms with Crippen molar-refractivity contribution in [2.24, 2.45) is 0 Å². The van der Waals surface area contributed by atoms with E-state index in [4.69, 9.17) is 11.6 Å². The Morgan fingerprint density at radius 3 is 2.83 bits per heavy atom. The molecule has 1 N–H and O–H groups in total. The van der Waals surface area contributed by atoms with Gasteiger partial charge in [0.2, 0.25) is 0 Å². The van der Waals surface area contributed by atoms with E-state index >= 15 is 0 Å². The Bertz CT molecular complexity index is 310. The van der Waals surface area contributed by atoms with Gasteiger partial charge < -0.3 is 5.11 Å². The Kier molecular flexibility index (Phi) is 2.71. The fourth-order valence-corrected chi connectivity index (χ4v) is 1.16. The first-order chi connectivity index (χ1) is 5.65. The second-order valence-electron chi connectivity index (χ2n) is 2.39. The molecule has 0 fully saturated rings. The van der Waals surface area contributed by atoms with Gasteiger partial charge in [-0.05, 0) is 18.6 Å². The van der Waals surface area contributed by atoms with Crippen LogP contribution in [0.25, 0.3) is 0 Å². The Morgan fingerprint density at radius 2 is 2.25 bits per heavy atom. The van der Waals surface area contributed by atoms with E-state index in [0.717, 1.165) is 6.07 Å². The molecule has 0 aromatic heterocycles. The van der Waals surface area contributed by atoms with Gasteiger partial charge in [0.25, 0.3) is 0 Å². The van der Waals surface area contributed by atoms with Crippen molar-refractivity contribution < 1.29 is 9.50 Å². The van der Waals surface area contributed by atoms with Crippen LogP contribution < -0.4 is 0 Å². The van der Waals surface area contributed by atoms with E-state index in [9.17, 15) is 9.50 Å². The fraction of sp³-hybridized carbons (Fsp3) is 0.111. The topological polar surface area (TPSA) is 20.2 Å². The molecule has 64 valence electrons. The highest BCUT2D eigenvalue weighted by molar-refractivity contribution is 6.30. The molecular weight excluding hydrogens is 179 g/mol. The molecule has 0 atom stereocenters. The van der Waals surface area contributed by atoms with Crippen LogP contribution in [0.5, 0.6) is 5.75 Å². The molecule has 0 saturated heterocycles. The number of phenolic OH excluding ortho intramolecular Hbond substituents is 1. The molecule has 1 aromatic carbocycles. The second-order valence-corrected chi connectivity index (χ2v) is 2.82. The fourth-order valence-electron chi connectivity index (χ4n) is 0.930. The third-order valence-electron chi connectivity index (χ3n) is 1.47. The average Bonchev–Trinajstić information content (AvgIpc) is 2.00. The molecule has 0 unspecified atom stereocenters. The summed E-state index contributed by atoms with van der Waals surface area (Å²) in [5, 5.41) is 9.45. The lowest BCUT2D eigenvalue weighted by Crippen LogP contribution is -1.86. The zero-order valence-corrected chi connectivity index (χ0v) is 7.11. The van der Waals surface area contributed by atoms with Crippen molar-refractivity contribution in [2.45, 2.75) is 6.42 Å². The van der Waals surface area contributed by atoms with Crippen molar-refractivity contribution in [3.05, 3.63) is 41.2 Å². The molecule has 0 aliphatic heterocycles. The normalized spacial score (nSPS) is 9.83. The average molecular weight is 187 g/mol. The highest BCUT2D eigenvalue weighted by Crippen LogP contribution is 2.25. The maximum Gasteiger partial charge on any atom is 0.166 e. The van der Waals surface area contributed by atoms with Crippen molar-refractivity contribution in [2.75, 3.05) is 0 Å². The number of halogens is 2. The number of hydrogen-bond acceptors (Lipinski definition) is 1. The number of allylic oxidation sites excluding steroid dienone is 1. The Labute approximate surface area is 75.1 Å². The van der Waals surface area contributed by atoms with Crippen LogP contribution in [-0.2, 0) is 6.42 Å². The van der Waals surface area contributed by atoms with Gasteiger partial charge in [0.1, 0.15) is 0 Å². The van der Waals surface area contributed by atoms with E-state index in [2.05, 4.69) is 6.58 Å².